The summed E-state index contributed by atoms with van der Waals surface area (Å²) in [5, 5.41) is 12.1. The molecule has 1 fully saturated rings. The van der Waals surface area contributed by atoms with Crippen molar-refractivity contribution < 1.29 is 4.79 Å². The van der Waals surface area contributed by atoms with Crippen LogP contribution in [0.15, 0.2) is 51.5 Å². The molecule has 1 aliphatic carbocycles. The Balaban J connectivity index is 1.52. The molecule has 1 aromatic rings. The van der Waals surface area contributed by atoms with E-state index in [-0.39, 0.29) is 10.8 Å². The summed E-state index contributed by atoms with van der Waals surface area (Å²) in [4.78, 5) is 23.9. The van der Waals surface area contributed by atoms with E-state index in [0.29, 0.717) is 18.7 Å². The fourth-order valence-corrected chi connectivity index (χ4v) is 5.21. The number of fused-ring (bicyclic) bond motifs is 2. The summed E-state index contributed by atoms with van der Waals surface area (Å²) in [7, 11) is 0. The molecular formula is C20H24N6O. The summed E-state index contributed by atoms with van der Waals surface area (Å²) in [5.74, 6) is 2.13. The van der Waals surface area contributed by atoms with Gasteiger partial charge >= 0.3 is 0 Å². The Kier molecular flexibility index (Phi) is 3.51. The molecule has 0 radical (unpaired) electrons. The second-order valence-corrected chi connectivity index (χ2v) is 8.78. The first-order valence-electron chi connectivity index (χ1n) is 9.65. The Labute approximate surface area is 158 Å². The first kappa shape index (κ1) is 16.6. The lowest BCUT2D eigenvalue weighted by molar-refractivity contribution is -0.119. The molecule has 7 nitrogen and oxygen atoms in total. The Morgan fingerprint density at radius 2 is 2.00 bits per heavy atom. The summed E-state index contributed by atoms with van der Waals surface area (Å²) in [6.45, 7) is 6.66. The molecule has 5 rings (SSSR count). The number of rotatable bonds is 1. The van der Waals surface area contributed by atoms with Crippen molar-refractivity contribution in [1.82, 2.24) is 15.3 Å². The minimum Gasteiger partial charge on any atom is -0.356 e. The number of Topliss-reactive ketones (excluding diaryl/α,β-unsaturated/α-hetero) is 1. The predicted octanol–water partition coefficient (Wildman–Crippen LogP) is 2.99. The number of nitrogens with one attached hydrogen (secondary N) is 1. The maximum Gasteiger partial charge on any atom is 0.162 e. The molecule has 27 heavy (non-hydrogen) atoms. The Morgan fingerprint density at radius 3 is 2.74 bits per heavy atom. The molecule has 4 heterocycles. The van der Waals surface area contributed by atoms with Gasteiger partial charge in [0.2, 0.25) is 0 Å². The van der Waals surface area contributed by atoms with Gasteiger partial charge in [0.1, 0.15) is 12.1 Å². The minimum absolute atomic E-state index is 0.0143. The van der Waals surface area contributed by atoms with Crippen molar-refractivity contribution in [1.29, 1.82) is 0 Å². The highest BCUT2D eigenvalue weighted by Crippen LogP contribution is 2.55. The van der Waals surface area contributed by atoms with Crippen LogP contribution in [0.4, 0.5) is 5.82 Å². The van der Waals surface area contributed by atoms with Gasteiger partial charge in [0.15, 0.2) is 11.6 Å². The standard InChI is InChI=1S/C20H24N6O/c1-19(2)9-14-17(15(27)10-19)20(13-11-23-25-18(13)24-14)4-7-26(8-5-20)16-3-6-21-12-22-16/h3,6,12,24H,4-5,7-11H2,1-2H3. The molecule has 1 N–H and O–H groups in total. The lowest BCUT2D eigenvalue weighted by Crippen LogP contribution is -2.49. The number of aromatic nitrogens is 2. The maximum absolute atomic E-state index is 13.2. The number of azo groups is 1. The Bertz CT molecular complexity index is 890. The summed E-state index contributed by atoms with van der Waals surface area (Å²) >= 11 is 0. The number of piperidine rings is 1. The van der Waals surface area contributed by atoms with Crippen molar-refractivity contribution in [3.63, 3.8) is 0 Å². The molecule has 3 aliphatic heterocycles. The zero-order chi connectivity index (χ0) is 18.6. The van der Waals surface area contributed by atoms with Gasteiger partial charge in [-0.25, -0.2) is 9.97 Å². The van der Waals surface area contributed by atoms with E-state index in [1.165, 1.54) is 5.57 Å². The summed E-state index contributed by atoms with van der Waals surface area (Å²) < 4.78 is 0. The number of nitrogens with zero attached hydrogens (tertiary/aromatic N) is 5. The number of hydrogen-bond donors (Lipinski definition) is 1. The summed E-state index contributed by atoms with van der Waals surface area (Å²) in [6, 6.07) is 1.95. The van der Waals surface area contributed by atoms with Gasteiger partial charge in [-0.05, 0) is 30.7 Å². The van der Waals surface area contributed by atoms with Crippen molar-refractivity contribution in [2.24, 2.45) is 21.1 Å². The lowest BCUT2D eigenvalue weighted by Gasteiger charge is -2.49. The topological polar surface area (TPSA) is 82.8 Å². The van der Waals surface area contributed by atoms with Crippen LogP contribution >= 0.6 is 0 Å². The summed E-state index contributed by atoms with van der Waals surface area (Å²) in [5.41, 5.74) is 3.05. The zero-order valence-electron chi connectivity index (χ0n) is 15.8. The van der Waals surface area contributed by atoms with E-state index in [1.54, 1.807) is 12.5 Å². The van der Waals surface area contributed by atoms with Crippen LogP contribution in [0.25, 0.3) is 0 Å². The van der Waals surface area contributed by atoms with Crippen molar-refractivity contribution in [2.45, 2.75) is 39.5 Å². The van der Waals surface area contributed by atoms with E-state index in [0.717, 1.165) is 55.3 Å². The lowest BCUT2D eigenvalue weighted by atomic mass is 9.60. The highest BCUT2D eigenvalue weighted by atomic mass is 16.1. The summed E-state index contributed by atoms with van der Waals surface area (Å²) in [6.07, 6.45) is 6.66. The van der Waals surface area contributed by atoms with Crippen LogP contribution in [-0.4, -0.2) is 35.4 Å². The van der Waals surface area contributed by atoms with Crippen molar-refractivity contribution in [2.75, 3.05) is 24.5 Å². The van der Waals surface area contributed by atoms with Crippen molar-refractivity contribution in [3.05, 3.63) is 41.3 Å². The van der Waals surface area contributed by atoms with Gasteiger partial charge in [-0.2, -0.15) is 5.11 Å². The number of dihydropyridines is 1. The molecule has 0 atom stereocenters. The fraction of sp³-hybridized carbons (Fsp3) is 0.550. The van der Waals surface area contributed by atoms with Crippen molar-refractivity contribution in [3.8, 4) is 0 Å². The van der Waals surface area contributed by atoms with E-state index in [2.05, 4.69) is 44.3 Å². The van der Waals surface area contributed by atoms with Gasteiger partial charge in [0.05, 0.1) is 6.54 Å². The van der Waals surface area contributed by atoms with Crippen LogP contribution in [0.1, 0.15) is 39.5 Å². The average molecular weight is 364 g/mol. The predicted molar refractivity (Wildman–Crippen MR) is 101 cm³/mol. The molecule has 4 aliphatic rings. The largest absolute Gasteiger partial charge is 0.356 e. The normalized spacial score (nSPS) is 25.6. The number of allylic oxidation sites excluding steroid dienone is 2. The van der Waals surface area contributed by atoms with Gasteiger partial charge < -0.3 is 10.2 Å². The van der Waals surface area contributed by atoms with Gasteiger partial charge in [0.25, 0.3) is 0 Å². The Hall–Kier alpha value is -2.57. The number of ketones is 1. The molecule has 7 heteroatoms. The smallest absolute Gasteiger partial charge is 0.162 e. The molecule has 0 amide bonds. The van der Waals surface area contributed by atoms with Gasteiger partial charge in [0, 0.05) is 48.0 Å². The third-order valence-corrected chi connectivity index (χ3v) is 6.39. The first-order chi connectivity index (χ1) is 13.0. The number of carbonyl (C=O) groups excluding carboxylic acids is 1. The highest BCUT2D eigenvalue weighted by Gasteiger charge is 2.52. The number of hydrogen-bond acceptors (Lipinski definition) is 7. The monoisotopic (exact) mass is 364 g/mol. The molecule has 0 aromatic carbocycles. The van der Waals surface area contributed by atoms with Crippen LogP contribution in [0.5, 0.6) is 0 Å². The third kappa shape index (κ3) is 2.51. The van der Waals surface area contributed by atoms with Crippen LogP contribution in [0.2, 0.25) is 0 Å². The second kappa shape index (κ2) is 5.71. The van der Waals surface area contributed by atoms with Crippen molar-refractivity contribution >= 4 is 11.6 Å². The van der Waals surface area contributed by atoms with Crippen LogP contribution < -0.4 is 10.2 Å². The fourth-order valence-electron chi connectivity index (χ4n) is 5.21. The van der Waals surface area contributed by atoms with Gasteiger partial charge in [-0.1, -0.05) is 13.8 Å². The highest BCUT2D eigenvalue weighted by molar-refractivity contribution is 6.00. The van der Waals surface area contributed by atoms with Gasteiger partial charge in [-0.15, -0.1) is 5.11 Å². The number of anilines is 1. The minimum atomic E-state index is -0.226. The molecule has 140 valence electrons. The molecular weight excluding hydrogens is 340 g/mol. The first-order valence-corrected chi connectivity index (χ1v) is 9.65. The molecule has 1 aromatic heterocycles. The number of carbonyl (C=O) groups is 1. The Morgan fingerprint density at radius 1 is 1.19 bits per heavy atom. The third-order valence-electron chi connectivity index (χ3n) is 6.39. The maximum atomic E-state index is 13.2. The SMILES string of the molecule is CC1(C)CC(=O)C2=C(C1)NC1=C(CN=N1)C21CCN(c2ccncn2)CC1. The van der Waals surface area contributed by atoms with E-state index in [9.17, 15) is 4.79 Å². The average Bonchev–Trinajstić information content (AvgIpc) is 3.11. The van der Waals surface area contributed by atoms with Crippen LogP contribution in [0.3, 0.4) is 0 Å². The van der Waals surface area contributed by atoms with E-state index in [1.807, 2.05) is 6.07 Å². The van der Waals surface area contributed by atoms with Gasteiger partial charge in [-0.3, -0.25) is 4.79 Å². The molecule has 0 unspecified atom stereocenters. The van der Waals surface area contributed by atoms with E-state index >= 15 is 0 Å². The quantitative estimate of drug-likeness (QED) is 0.828. The molecule has 1 saturated heterocycles. The molecule has 0 bridgehead atoms. The molecule has 0 saturated carbocycles. The molecule has 1 spiro atoms. The van der Waals surface area contributed by atoms with Crippen LogP contribution in [-0.2, 0) is 4.79 Å². The zero-order valence-corrected chi connectivity index (χ0v) is 15.8. The van der Waals surface area contributed by atoms with E-state index < -0.39 is 0 Å². The second-order valence-electron chi connectivity index (χ2n) is 8.78. The van der Waals surface area contributed by atoms with E-state index in [4.69, 9.17) is 0 Å². The van der Waals surface area contributed by atoms with Crippen LogP contribution in [0, 0.1) is 10.8 Å².